The average molecular weight is 169 g/mol. The van der Waals surface area contributed by atoms with Gasteiger partial charge in [-0.2, -0.15) is 13.2 Å². The van der Waals surface area contributed by atoms with Crippen LogP contribution in [0.3, 0.4) is 0 Å². The van der Waals surface area contributed by atoms with Crippen LogP contribution in [-0.4, -0.2) is 30.5 Å². The Morgan fingerprint density at radius 2 is 2.09 bits per heavy atom. The lowest BCUT2D eigenvalue weighted by Crippen LogP contribution is -2.37. The van der Waals surface area contributed by atoms with Crippen LogP contribution >= 0.6 is 0 Å². The SMILES string of the molecule is C=C[C@@H](CO)NCC(F)(F)F. The molecule has 0 aliphatic heterocycles. The third-order valence-corrected chi connectivity index (χ3v) is 1.05. The maximum absolute atomic E-state index is 11.5. The van der Waals surface area contributed by atoms with Gasteiger partial charge in [0, 0.05) is 6.04 Å². The first-order valence-corrected chi connectivity index (χ1v) is 3.03. The Bertz CT molecular complexity index is 123. The van der Waals surface area contributed by atoms with Gasteiger partial charge >= 0.3 is 6.18 Å². The van der Waals surface area contributed by atoms with E-state index in [4.69, 9.17) is 5.11 Å². The summed E-state index contributed by atoms with van der Waals surface area (Å²) >= 11 is 0. The predicted molar refractivity (Wildman–Crippen MR) is 35.1 cm³/mol. The van der Waals surface area contributed by atoms with Gasteiger partial charge in [-0.05, 0) is 0 Å². The molecule has 0 bridgehead atoms. The van der Waals surface area contributed by atoms with Crippen LogP contribution in [0, 0.1) is 0 Å². The molecule has 5 heteroatoms. The fraction of sp³-hybridized carbons (Fsp3) is 0.667. The van der Waals surface area contributed by atoms with Crippen LogP contribution in [0.5, 0.6) is 0 Å². The first-order chi connectivity index (χ1) is 4.99. The number of aliphatic hydroxyl groups is 1. The van der Waals surface area contributed by atoms with Gasteiger partial charge in [-0.25, -0.2) is 0 Å². The Hall–Kier alpha value is -0.550. The summed E-state index contributed by atoms with van der Waals surface area (Å²) in [6.45, 7) is 1.76. The maximum atomic E-state index is 11.5. The van der Waals surface area contributed by atoms with Gasteiger partial charge in [0.05, 0.1) is 13.2 Å². The van der Waals surface area contributed by atoms with Crippen LogP contribution < -0.4 is 5.32 Å². The van der Waals surface area contributed by atoms with Gasteiger partial charge in [-0.15, -0.1) is 6.58 Å². The van der Waals surface area contributed by atoms with E-state index in [2.05, 4.69) is 11.9 Å². The number of hydrogen-bond donors (Lipinski definition) is 2. The van der Waals surface area contributed by atoms with Crippen molar-refractivity contribution in [2.45, 2.75) is 12.2 Å². The topological polar surface area (TPSA) is 32.3 Å². The molecule has 0 saturated heterocycles. The Morgan fingerprint density at radius 1 is 1.55 bits per heavy atom. The zero-order chi connectivity index (χ0) is 8.91. The largest absolute Gasteiger partial charge is 0.401 e. The first-order valence-electron chi connectivity index (χ1n) is 3.03. The first kappa shape index (κ1) is 10.4. The number of aliphatic hydroxyl groups excluding tert-OH is 1. The van der Waals surface area contributed by atoms with E-state index >= 15 is 0 Å². The fourth-order valence-electron chi connectivity index (χ4n) is 0.469. The van der Waals surface area contributed by atoms with Gasteiger partial charge in [-0.3, -0.25) is 0 Å². The predicted octanol–water partition coefficient (Wildman–Crippen LogP) is 0.685. The van der Waals surface area contributed by atoms with Gasteiger partial charge in [0.15, 0.2) is 0 Å². The molecule has 2 nitrogen and oxygen atoms in total. The molecule has 0 aliphatic carbocycles. The zero-order valence-corrected chi connectivity index (χ0v) is 5.86. The number of nitrogens with one attached hydrogen (secondary N) is 1. The fourth-order valence-corrected chi connectivity index (χ4v) is 0.469. The quantitative estimate of drug-likeness (QED) is 0.607. The highest BCUT2D eigenvalue weighted by atomic mass is 19.4. The van der Waals surface area contributed by atoms with Crippen LogP contribution in [0.1, 0.15) is 0 Å². The molecule has 0 aromatic rings. The Balaban J connectivity index is 3.59. The lowest BCUT2D eigenvalue weighted by Gasteiger charge is -2.12. The van der Waals surface area contributed by atoms with Crippen molar-refractivity contribution in [1.29, 1.82) is 0 Å². The number of alkyl halides is 3. The summed E-state index contributed by atoms with van der Waals surface area (Å²) in [7, 11) is 0. The Morgan fingerprint density at radius 3 is 2.36 bits per heavy atom. The Kier molecular flexibility index (Phi) is 4.14. The summed E-state index contributed by atoms with van der Waals surface area (Å²) < 4.78 is 34.5. The second-order valence-corrected chi connectivity index (χ2v) is 2.02. The van der Waals surface area contributed by atoms with E-state index in [0.29, 0.717) is 0 Å². The number of halogens is 3. The van der Waals surface area contributed by atoms with Crippen molar-refractivity contribution in [2.24, 2.45) is 0 Å². The molecule has 0 fully saturated rings. The maximum Gasteiger partial charge on any atom is 0.401 e. The van der Waals surface area contributed by atoms with E-state index in [9.17, 15) is 13.2 Å². The number of rotatable bonds is 4. The molecule has 0 saturated carbocycles. The third kappa shape index (κ3) is 5.87. The van der Waals surface area contributed by atoms with Crippen LogP contribution in [0.2, 0.25) is 0 Å². The Labute approximate surface area is 62.7 Å². The van der Waals surface area contributed by atoms with E-state index in [1.807, 2.05) is 0 Å². The molecule has 11 heavy (non-hydrogen) atoms. The molecule has 0 radical (unpaired) electrons. The summed E-state index contributed by atoms with van der Waals surface area (Å²) in [6.07, 6.45) is -3.01. The van der Waals surface area contributed by atoms with Crippen molar-refractivity contribution < 1.29 is 18.3 Å². The van der Waals surface area contributed by atoms with Gasteiger partial charge < -0.3 is 10.4 Å². The summed E-state index contributed by atoms with van der Waals surface area (Å²) in [5.74, 6) is 0. The molecule has 0 rings (SSSR count). The van der Waals surface area contributed by atoms with E-state index in [1.165, 1.54) is 6.08 Å². The van der Waals surface area contributed by atoms with E-state index in [-0.39, 0.29) is 6.61 Å². The second-order valence-electron chi connectivity index (χ2n) is 2.02. The third-order valence-electron chi connectivity index (χ3n) is 1.05. The molecule has 0 amide bonds. The molecule has 0 heterocycles. The molecule has 0 aromatic carbocycles. The van der Waals surface area contributed by atoms with Crippen molar-refractivity contribution in [3.8, 4) is 0 Å². The van der Waals surface area contributed by atoms with Crippen molar-refractivity contribution in [2.75, 3.05) is 13.2 Å². The lowest BCUT2D eigenvalue weighted by atomic mass is 10.3. The molecule has 1 atom stereocenters. The van der Waals surface area contributed by atoms with Crippen LogP contribution in [0.15, 0.2) is 12.7 Å². The van der Waals surface area contributed by atoms with Gasteiger partial charge in [-0.1, -0.05) is 6.08 Å². The zero-order valence-electron chi connectivity index (χ0n) is 5.86. The van der Waals surface area contributed by atoms with Gasteiger partial charge in [0.25, 0.3) is 0 Å². The summed E-state index contributed by atoms with van der Waals surface area (Å²) in [5.41, 5.74) is 0. The minimum absolute atomic E-state index is 0.375. The van der Waals surface area contributed by atoms with Crippen molar-refractivity contribution >= 4 is 0 Å². The van der Waals surface area contributed by atoms with Crippen molar-refractivity contribution in [3.63, 3.8) is 0 Å². The molecule has 66 valence electrons. The summed E-state index contributed by atoms with van der Waals surface area (Å²) in [4.78, 5) is 0. The number of hydrogen-bond acceptors (Lipinski definition) is 2. The highest BCUT2D eigenvalue weighted by Gasteiger charge is 2.27. The molecule has 2 N–H and O–H groups in total. The van der Waals surface area contributed by atoms with Crippen LogP contribution in [0.25, 0.3) is 0 Å². The molecule has 0 aliphatic rings. The molecule has 0 unspecified atom stereocenters. The average Bonchev–Trinajstić information content (AvgIpc) is 1.88. The molecular formula is C6H10F3NO. The highest BCUT2D eigenvalue weighted by molar-refractivity contribution is 4.85. The standard InChI is InChI=1S/C6H10F3NO/c1-2-5(3-11)10-4-6(7,8)9/h2,5,10-11H,1,3-4H2/t5-/m0/s1. The second kappa shape index (κ2) is 4.35. The van der Waals surface area contributed by atoms with Crippen LogP contribution in [0.4, 0.5) is 13.2 Å². The van der Waals surface area contributed by atoms with Gasteiger partial charge in [0.1, 0.15) is 0 Å². The highest BCUT2D eigenvalue weighted by Crippen LogP contribution is 2.12. The molecule has 0 aromatic heterocycles. The van der Waals surface area contributed by atoms with Crippen molar-refractivity contribution in [3.05, 3.63) is 12.7 Å². The normalized spacial score (nSPS) is 14.5. The summed E-state index contributed by atoms with van der Waals surface area (Å²) in [5, 5.41) is 10.5. The molecule has 0 spiro atoms. The molecular weight excluding hydrogens is 159 g/mol. The van der Waals surface area contributed by atoms with E-state index in [1.54, 1.807) is 0 Å². The van der Waals surface area contributed by atoms with E-state index in [0.717, 1.165) is 0 Å². The lowest BCUT2D eigenvalue weighted by molar-refractivity contribution is -0.126. The minimum atomic E-state index is -4.24. The van der Waals surface area contributed by atoms with Gasteiger partial charge in [0.2, 0.25) is 0 Å². The van der Waals surface area contributed by atoms with Crippen molar-refractivity contribution in [1.82, 2.24) is 5.32 Å². The summed E-state index contributed by atoms with van der Waals surface area (Å²) in [6, 6.07) is -0.684. The minimum Gasteiger partial charge on any atom is -0.394 e. The van der Waals surface area contributed by atoms with E-state index < -0.39 is 18.8 Å². The van der Waals surface area contributed by atoms with Crippen LogP contribution in [-0.2, 0) is 0 Å². The monoisotopic (exact) mass is 169 g/mol. The smallest absolute Gasteiger partial charge is 0.394 e.